The number of unbranched alkanes of at least 4 members (excludes halogenated alkanes) is 1. The van der Waals surface area contributed by atoms with Gasteiger partial charge in [-0.05, 0) is 37.0 Å². The van der Waals surface area contributed by atoms with Crippen molar-refractivity contribution in [2.24, 2.45) is 11.7 Å². The second kappa shape index (κ2) is 21.2. The van der Waals surface area contributed by atoms with Crippen molar-refractivity contribution < 1.29 is 68.2 Å². The van der Waals surface area contributed by atoms with E-state index in [1.807, 2.05) is 0 Å². The third-order valence-corrected chi connectivity index (χ3v) is 8.61. The fourth-order valence-corrected chi connectivity index (χ4v) is 5.51. The van der Waals surface area contributed by atoms with E-state index in [2.05, 4.69) is 21.3 Å². The highest BCUT2D eigenvalue weighted by molar-refractivity contribution is 6.55. The third-order valence-electron chi connectivity index (χ3n) is 8.61. The number of aliphatic hydroxyl groups excluding tert-OH is 3. The summed E-state index contributed by atoms with van der Waals surface area (Å²) in [6.07, 6.45) is -6.17. The molecular weight excluding hydrogens is 727 g/mol. The Morgan fingerprint density at radius 1 is 0.964 bits per heavy atom. The number of ether oxygens (including phenoxy) is 3. The molecule has 0 aromatic heterocycles. The lowest BCUT2D eigenvalue weighted by Gasteiger charge is -2.38. The number of nitrogens with one attached hydrogen (secondary N) is 4. The first-order valence-electron chi connectivity index (χ1n) is 17.7. The van der Waals surface area contributed by atoms with Gasteiger partial charge in [0.05, 0.1) is 17.8 Å². The van der Waals surface area contributed by atoms with Crippen LogP contribution in [0.5, 0.6) is 5.75 Å². The molecule has 1 fully saturated rings. The van der Waals surface area contributed by atoms with Gasteiger partial charge in [-0.1, -0.05) is 19.9 Å². The van der Waals surface area contributed by atoms with Crippen LogP contribution < -0.4 is 31.7 Å². The van der Waals surface area contributed by atoms with Gasteiger partial charge >= 0.3 is 5.97 Å². The van der Waals surface area contributed by atoms with Gasteiger partial charge < -0.3 is 61.6 Å². The Hall–Kier alpha value is -4.93. The molecule has 20 nitrogen and oxygen atoms in total. The van der Waals surface area contributed by atoms with Crippen molar-refractivity contribution in [1.82, 2.24) is 20.9 Å². The molecule has 1 saturated heterocycles. The molecule has 2 aliphatic heterocycles. The van der Waals surface area contributed by atoms with Crippen molar-refractivity contribution in [3.63, 3.8) is 0 Å². The van der Waals surface area contributed by atoms with Gasteiger partial charge in [0.1, 0.15) is 30.7 Å². The first kappa shape index (κ1) is 44.5. The van der Waals surface area contributed by atoms with E-state index >= 15 is 0 Å². The summed E-state index contributed by atoms with van der Waals surface area (Å²) in [5.41, 5.74) is 6.23. The second-order valence-electron chi connectivity index (χ2n) is 13.2. The Morgan fingerprint density at radius 2 is 1.64 bits per heavy atom. The molecule has 2 heterocycles. The van der Waals surface area contributed by atoms with Crippen LogP contribution in [0.4, 0.5) is 10.5 Å². The van der Waals surface area contributed by atoms with Crippen molar-refractivity contribution in [3.05, 3.63) is 35.9 Å². The fourth-order valence-electron chi connectivity index (χ4n) is 5.51. The van der Waals surface area contributed by atoms with Crippen molar-refractivity contribution in [2.45, 2.75) is 88.9 Å². The van der Waals surface area contributed by atoms with Gasteiger partial charge in [-0.25, -0.2) is 4.79 Å². The number of hydrogen-bond acceptors (Lipinski definition) is 15. The Balaban J connectivity index is 1.67. The number of carbonyl (C=O) groups excluding carboxylic acids is 6. The number of anilines is 1. The molecule has 0 bridgehead atoms. The lowest BCUT2D eigenvalue weighted by atomic mass is 9.99. The van der Waals surface area contributed by atoms with Gasteiger partial charge in [0.25, 0.3) is 11.8 Å². The van der Waals surface area contributed by atoms with Crippen LogP contribution >= 0.6 is 0 Å². The average molecular weight is 777 g/mol. The van der Waals surface area contributed by atoms with E-state index < -0.39 is 78.3 Å². The zero-order valence-electron chi connectivity index (χ0n) is 30.8. The summed E-state index contributed by atoms with van der Waals surface area (Å²) in [6.45, 7) is 3.52. The predicted molar refractivity (Wildman–Crippen MR) is 194 cm³/mol. The molecule has 3 rings (SSSR count). The molecule has 2 unspecified atom stereocenters. The summed E-state index contributed by atoms with van der Waals surface area (Å²) in [5, 5.41) is 51.2. The number of hydrogen-bond donors (Lipinski definition) is 9. The monoisotopic (exact) mass is 776 g/mol. The summed E-state index contributed by atoms with van der Waals surface area (Å²) in [4.78, 5) is 86.7. The minimum absolute atomic E-state index is 0.00733. The summed E-state index contributed by atoms with van der Waals surface area (Å²) in [6, 6.07) is 2.58. The third kappa shape index (κ3) is 13.1. The quantitative estimate of drug-likeness (QED) is 0.0338. The number of aliphatic carboxylic acids is 1. The van der Waals surface area contributed by atoms with Crippen molar-refractivity contribution in [1.29, 1.82) is 0 Å². The number of imide groups is 1. The number of rotatable bonds is 21. The molecule has 0 saturated carbocycles. The smallest absolute Gasteiger partial charge is 0.335 e. The number of amides is 5. The van der Waals surface area contributed by atoms with Crippen LogP contribution in [0.15, 0.2) is 30.4 Å². The van der Waals surface area contributed by atoms with E-state index in [9.17, 15) is 54.0 Å². The molecule has 1 aromatic rings. The highest BCUT2D eigenvalue weighted by Gasteiger charge is 2.48. The zero-order chi connectivity index (χ0) is 40.8. The molecule has 21 heteroatoms. The molecule has 1 aromatic carbocycles. The molecule has 0 aliphatic carbocycles. The molecule has 0 spiro atoms. The Morgan fingerprint density at radius 3 is 2.25 bits per heavy atom. The minimum Gasteiger partial charge on any atom is -0.479 e. The molecule has 0 radical (unpaired) electrons. The lowest BCUT2D eigenvalue weighted by molar-refractivity contribution is -0.271. The summed E-state index contributed by atoms with van der Waals surface area (Å²) >= 11 is 0. The van der Waals surface area contributed by atoms with Gasteiger partial charge in [0.15, 0.2) is 6.10 Å². The van der Waals surface area contributed by atoms with Crippen molar-refractivity contribution in [2.75, 3.05) is 31.5 Å². The van der Waals surface area contributed by atoms with E-state index in [1.54, 1.807) is 13.8 Å². The van der Waals surface area contributed by atoms with Gasteiger partial charge in [-0.3, -0.25) is 33.7 Å². The lowest BCUT2D eigenvalue weighted by Crippen LogP contribution is -2.61. The molecule has 5 amide bonds. The number of benzene rings is 1. The van der Waals surface area contributed by atoms with Gasteiger partial charge in [0, 0.05) is 50.7 Å². The molecule has 55 heavy (non-hydrogen) atoms. The molecule has 2 aliphatic rings. The first-order valence-corrected chi connectivity index (χ1v) is 17.7. The Kier molecular flexibility index (Phi) is 17.2. The van der Waals surface area contributed by atoms with Crippen LogP contribution in [0.3, 0.4) is 0 Å². The van der Waals surface area contributed by atoms with Crippen molar-refractivity contribution >= 4 is 54.9 Å². The van der Waals surface area contributed by atoms with Crippen LogP contribution in [-0.2, 0) is 44.8 Å². The molecule has 7 atom stereocenters. The number of aliphatic hydroxyl groups is 3. The van der Waals surface area contributed by atoms with Gasteiger partial charge in [-0.15, -0.1) is 0 Å². The van der Waals surface area contributed by atoms with E-state index in [4.69, 9.17) is 19.9 Å². The maximum atomic E-state index is 13.4. The standard InChI is InChI=1S/C34H49BN6O14/c1-17(2)30(48)37-11-4-3-5-20(39-15-19(14-36)41-24(43)8-9-25(41)44)31(49)38-12-10-23(42)40-21-13-18(16-53-34(35)52)6-7-22(21)54-33-28(47)26(45)27(46)29(55-33)32(50)51/h6-9,13,17,19-20,26-29,33,39,45-47H,3-5,10-12,14-16,35-36H2,1-2H3,(H,37,48)(H,38,49)(H,40,42)(H,50,51)/t19?,20?,26-,27-,28+,29-,33+/m0/s1. The number of nitrogens with two attached hydrogens (primary N) is 1. The fraction of sp³-hybridized carbons (Fsp3) is 0.559. The van der Waals surface area contributed by atoms with Crippen LogP contribution in [0.1, 0.15) is 45.1 Å². The SMILES string of the molecule is BC(=O)OCc1ccc(O[C@@H]2O[C@H](C(=O)O)[C@@H](O)[C@H](O)[C@H]2O)c(NC(=O)CCNC(=O)C(CCCCNC(=O)C(C)C)NCC(CN)N2C(=O)C=CC2=O)c1. The number of carboxylic acids is 1. The van der Waals surface area contributed by atoms with E-state index in [-0.39, 0.29) is 55.9 Å². The predicted octanol–water partition coefficient (Wildman–Crippen LogP) is -3.17. The summed E-state index contributed by atoms with van der Waals surface area (Å²) in [5.74, 6) is -4.81. The van der Waals surface area contributed by atoms with Crippen LogP contribution in [0.25, 0.3) is 0 Å². The molecule has 10 N–H and O–H groups in total. The first-order chi connectivity index (χ1) is 26.0. The average Bonchev–Trinajstić information content (AvgIpc) is 3.47. The Bertz CT molecular complexity index is 1580. The Labute approximate surface area is 317 Å². The minimum atomic E-state index is -1.96. The van der Waals surface area contributed by atoms with Gasteiger partial charge in [-0.2, -0.15) is 0 Å². The molecule has 302 valence electrons. The topological polar surface area (TPSA) is 305 Å². The number of nitrogens with zero attached hydrogens (tertiary/aromatic N) is 1. The summed E-state index contributed by atoms with van der Waals surface area (Å²) in [7, 11) is 1.20. The zero-order valence-corrected chi connectivity index (χ0v) is 30.8. The second-order valence-corrected chi connectivity index (χ2v) is 13.2. The number of carbonyl (C=O) groups is 7. The van der Waals surface area contributed by atoms with E-state index in [0.717, 1.165) is 17.1 Å². The highest BCUT2D eigenvalue weighted by atomic mass is 16.7. The largest absolute Gasteiger partial charge is 0.479 e. The van der Waals surface area contributed by atoms with E-state index in [0.29, 0.717) is 31.4 Å². The number of carboxylic acid groups (broad SMARTS) is 1. The highest BCUT2D eigenvalue weighted by Crippen LogP contribution is 2.31. The summed E-state index contributed by atoms with van der Waals surface area (Å²) < 4.78 is 15.9. The molecular formula is C34H49BN6O14. The van der Waals surface area contributed by atoms with Gasteiger partial charge in [0.2, 0.25) is 37.7 Å². The van der Waals surface area contributed by atoms with E-state index in [1.165, 1.54) is 26.0 Å². The maximum Gasteiger partial charge on any atom is 0.335 e. The maximum absolute atomic E-state index is 13.4. The van der Waals surface area contributed by atoms with Crippen LogP contribution in [-0.4, -0.2) is 144 Å². The normalized spacial score (nSPS) is 21.9. The van der Waals surface area contributed by atoms with Crippen LogP contribution in [0, 0.1) is 5.92 Å². The van der Waals surface area contributed by atoms with Crippen molar-refractivity contribution in [3.8, 4) is 5.75 Å². The van der Waals surface area contributed by atoms with Crippen LogP contribution in [0.2, 0.25) is 0 Å².